The maximum absolute atomic E-state index is 11.0. The number of rotatable bonds is 17. The number of aliphatic hydroxyl groups excluding tert-OH is 2. The van der Waals surface area contributed by atoms with E-state index in [0.29, 0.717) is 6.42 Å². The zero-order valence-electron chi connectivity index (χ0n) is 16.1. The van der Waals surface area contributed by atoms with E-state index in [1.54, 1.807) is 0 Å². The lowest BCUT2D eigenvalue weighted by Gasteiger charge is -2.21. The van der Waals surface area contributed by atoms with Crippen LogP contribution in [0.1, 0.15) is 104 Å². The van der Waals surface area contributed by atoms with Gasteiger partial charge in [-0.1, -0.05) is 90.4 Å². The van der Waals surface area contributed by atoms with E-state index in [2.05, 4.69) is 12.2 Å². The lowest BCUT2D eigenvalue weighted by atomic mass is 10.0. The van der Waals surface area contributed by atoms with Crippen LogP contribution in [-0.4, -0.2) is 34.9 Å². The van der Waals surface area contributed by atoms with E-state index in [0.717, 1.165) is 12.8 Å². The minimum Gasteiger partial charge on any atom is -0.394 e. The van der Waals surface area contributed by atoms with Gasteiger partial charge in [-0.2, -0.15) is 0 Å². The van der Waals surface area contributed by atoms with Crippen molar-refractivity contribution in [2.75, 3.05) is 6.61 Å². The molecule has 3 N–H and O–H groups in total. The first-order valence-corrected chi connectivity index (χ1v) is 10.2. The van der Waals surface area contributed by atoms with Crippen LogP contribution in [0.4, 0.5) is 0 Å². The number of hydrogen-bond donors (Lipinski definition) is 3. The molecule has 0 unspecified atom stereocenters. The van der Waals surface area contributed by atoms with Gasteiger partial charge < -0.3 is 15.5 Å². The Morgan fingerprint density at radius 1 is 0.833 bits per heavy atom. The number of carbonyl (C=O) groups is 1. The molecular weight excluding hydrogens is 302 g/mol. The first kappa shape index (κ1) is 23.4. The molecule has 4 nitrogen and oxygen atoms in total. The van der Waals surface area contributed by atoms with Crippen LogP contribution in [0.15, 0.2) is 0 Å². The van der Waals surface area contributed by atoms with Gasteiger partial charge in [-0.05, 0) is 6.42 Å². The average Bonchev–Trinajstić information content (AvgIpc) is 2.56. The highest BCUT2D eigenvalue weighted by molar-refractivity contribution is 5.73. The Labute approximate surface area is 149 Å². The topological polar surface area (TPSA) is 69.6 Å². The highest BCUT2D eigenvalue weighted by Crippen LogP contribution is 2.14. The summed E-state index contributed by atoms with van der Waals surface area (Å²) in [4.78, 5) is 11.0. The second kappa shape index (κ2) is 17.2. The van der Waals surface area contributed by atoms with Crippen molar-refractivity contribution in [1.29, 1.82) is 0 Å². The number of carbonyl (C=O) groups excluding carboxylic acids is 1. The maximum atomic E-state index is 11.0. The van der Waals surface area contributed by atoms with Crippen LogP contribution in [0.5, 0.6) is 0 Å². The number of amides is 1. The molecule has 0 spiro atoms. The Kier molecular flexibility index (Phi) is 16.8. The second-order valence-electron chi connectivity index (χ2n) is 7.09. The van der Waals surface area contributed by atoms with Gasteiger partial charge in [0, 0.05) is 6.92 Å². The van der Waals surface area contributed by atoms with Crippen molar-refractivity contribution < 1.29 is 15.0 Å². The van der Waals surface area contributed by atoms with Gasteiger partial charge in [-0.25, -0.2) is 0 Å². The fraction of sp³-hybridized carbons (Fsp3) is 0.950. The molecule has 0 radical (unpaired) electrons. The number of nitrogens with one attached hydrogen (secondary N) is 1. The SMILES string of the molecule is CCCCCCCCCCCCCCC[C@H](O)[C@H](CO)NC(C)=O. The summed E-state index contributed by atoms with van der Waals surface area (Å²) in [6, 6.07) is -0.528. The quantitative estimate of drug-likeness (QED) is 0.344. The van der Waals surface area contributed by atoms with E-state index in [4.69, 9.17) is 0 Å². The van der Waals surface area contributed by atoms with Crippen molar-refractivity contribution in [3.8, 4) is 0 Å². The molecule has 24 heavy (non-hydrogen) atoms. The van der Waals surface area contributed by atoms with Gasteiger partial charge in [0.05, 0.1) is 18.8 Å². The third kappa shape index (κ3) is 14.9. The van der Waals surface area contributed by atoms with E-state index in [-0.39, 0.29) is 12.5 Å². The van der Waals surface area contributed by atoms with Crippen molar-refractivity contribution >= 4 is 5.91 Å². The van der Waals surface area contributed by atoms with Crippen molar-refractivity contribution in [2.45, 2.75) is 116 Å². The molecule has 2 atom stereocenters. The molecule has 0 aliphatic carbocycles. The van der Waals surface area contributed by atoms with Crippen LogP contribution < -0.4 is 5.32 Å². The van der Waals surface area contributed by atoms with Crippen LogP contribution in [0.3, 0.4) is 0 Å². The van der Waals surface area contributed by atoms with Crippen LogP contribution >= 0.6 is 0 Å². The van der Waals surface area contributed by atoms with Crippen LogP contribution in [0, 0.1) is 0 Å². The Morgan fingerprint density at radius 2 is 1.25 bits per heavy atom. The Morgan fingerprint density at radius 3 is 1.62 bits per heavy atom. The summed E-state index contributed by atoms with van der Waals surface area (Å²) >= 11 is 0. The number of hydrogen-bond acceptors (Lipinski definition) is 3. The van der Waals surface area contributed by atoms with Crippen LogP contribution in [0.25, 0.3) is 0 Å². The minimum absolute atomic E-state index is 0.209. The molecule has 0 fully saturated rings. The molecule has 0 aromatic carbocycles. The molecule has 0 aliphatic rings. The number of aliphatic hydroxyl groups is 2. The van der Waals surface area contributed by atoms with Crippen LogP contribution in [0.2, 0.25) is 0 Å². The van der Waals surface area contributed by atoms with Gasteiger partial charge in [0.25, 0.3) is 0 Å². The van der Waals surface area contributed by atoms with Gasteiger partial charge in [0.1, 0.15) is 0 Å². The Bertz CT molecular complexity index is 284. The molecule has 0 aliphatic heterocycles. The van der Waals surface area contributed by atoms with Gasteiger partial charge >= 0.3 is 0 Å². The summed E-state index contributed by atoms with van der Waals surface area (Å²) in [5.74, 6) is -0.210. The van der Waals surface area contributed by atoms with Gasteiger partial charge in [-0.15, -0.1) is 0 Å². The lowest BCUT2D eigenvalue weighted by Crippen LogP contribution is -2.44. The highest BCUT2D eigenvalue weighted by atomic mass is 16.3. The fourth-order valence-electron chi connectivity index (χ4n) is 3.10. The normalized spacial score (nSPS) is 13.7. The summed E-state index contributed by atoms with van der Waals surface area (Å²) < 4.78 is 0. The smallest absolute Gasteiger partial charge is 0.217 e. The molecule has 0 rings (SSSR count). The average molecular weight is 344 g/mol. The summed E-state index contributed by atoms with van der Waals surface area (Å²) in [5.41, 5.74) is 0. The second-order valence-corrected chi connectivity index (χ2v) is 7.09. The minimum atomic E-state index is -0.647. The van der Waals surface area contributed by atoms with E-state index in [1.807, 2.05) is 0 Å². The van der Waals surface area contributed by atoms with Crippen molar-refractivity contribution in [3.63, 3.8) is 0 Å². The molecule has 0 saturated carbocycles. The molecule has 1 amide bonds. The molecule has 0 heterocycles. The number of unbranched alkanes of at least 4 members (excludes halogenated alkanes) is 12. The predicted molar refractivity (Wildman–Crippen MR) is 101 cm³/mol. The summed E-state index contributed by atoms with van der Waals surface area (Å²) in [6.45, 7) is 3.45. The summed E-state index contributed by atoms with van der Waals surface area (Å²) in [7, 11) is 0. The third-order valence-corrected chi connectivity index (χ3v) is 4.65. The van der Waals surface area contributed by atoms with Crippen molar-refractivity contribution in [2.24, 2.45) is 0 Å². The van der Waals surface area contributed by atoms with Crippen LogP contribution in [-0.2, 0) is 4.79 Å². The van der Waals surface area contributed by atoms with Gasteiger partial charge in [0.15, 0.2) is 0 Å². The first-order valence-electron chi connectivity index (χ1n) is 10.2. The van der Waals surface area contributed by atoms with E-state index in [1.165, 1.54) is 77.6 Å². The molecule has 0 bridgehead atoms. The zero-order chi connectivity index (χ0) is 18.0. The molecule has 0 aromatic heterocycles. The highest BCUT2D eigenvalue weighted by Gasteiger charge is 2.18. The van der Waals surface area contributed by atoms with Gasteiger partial charge in [-0.3, -0.25) is 4.79 Å². The van der Waals surface area contributed by atoms with Gasteiger partial charge in [0.2, 0.25) is 5.91 Å². The summed E-state index contributed by atoms with van der Waals surface area (Å²) in [5, 5.41) is 21.7. The van der Waals surface area contributed by atoms with E-state index < -0.39 is 12.1 Å². The summed E-state index contributed by atoms with van der Waals surface area (Å²) in [6.07, 6.45) is 16.9. The molecule has 0 aromatic rings. The Balaban J connectivity index is 3.34. The fourth-order valence-corrected chi connectivity index (χ4v) is 3.10. The van der Waals surface area contributed by atoms with Crippen molar-refractivity contribution in [1.82, 2.24) is 5.32 Å². The largest absolute Gasteiger partial charge is 0.394 e. The standard InChI is InChI=1S/C20H41NO3/c1-3-4-5-6-7-8-9-10-11-12-13-14-15-16-20(24)19(17-22)21-18(2)23/h19-20,22,24H,3-17H2,1-2H3,(H,21,23)/t19-,20-/m0/s1. The van der Waals surface area contributed by atoms with E-state index >= 15 is 0 Å². The molecule has 144 valence electrons. The zero-order valence-corrected chi connectivity index (χ0v) is 16.1. The first-order chi connectivity index (χ1) is 11.6. The maximum Gasteiger partial charge on any atom is 0.217 e. The van der Waals surface area contributed by atoms with E-state index in [9.17, 15) is 15.0 Å². The predicted octanol–water partition coefficient (Wildman–Crippen LogP) is 4.33. The molecular formula is C20H41NO3. The molecule has 0 saturated heterocycles. The lowest BCUT2D eigenvalue weighted by molar-refractivity contribution is -0.121. The monoisotopic (exact) mass is 343 g/mol. The molecule has 4 heteroatoms. The van der Waals surface area contributed by atoms with Crippen molar-refractivity contribution in [3.05, 3.63) is 0 Å². The third-order valence-electron chi connectivity index (χ3n) is 4.65. The Hall–Kier alpha value is -0.610.